The zero-order valence-electron chi connectivity index (χ0n) is 22.5. The van der Waals surface area contributed by atoms with Crippen LogP contribution in [0, 0.1) is 13.8 Å². The first-order valence-electron chi connectivity index (χ1n) is 13.0. The molecule has 5 rings (SSSR count). The Morgan fingerprint density at radius 2 is 1.29 bits per heavy atom. The molecule has 1 aliphatic rings. The van der Waals surface area contributed by atoms with Gasteiger partial charge in [-0.3, -0.25) is 14.4 Å². The molecule has 0 spiro atoms. The lowest BCUT2D eigenvalue weighted by Crippen LogP contribution is -2.57. The van der Waals surface area contributed by atoms with Crippen molar-refractivity contribution in [1.29, 1.82) is 0 Å². The van der Waals surface area contributed by atoms with Gasteiger partial charge in [0, 0.05) is 11.3 Å². The van der Waals surface area contributed by atoms with Crippen molar-refractivity contribution in [1.82, 2.24) is 0 Å². The van der Waals surface area contributed by atoms with E-state index in [2.05, 4.69) is 5.32 Å². The number of urea groups is 1. The quantitative estimate of drug-likeness (QED) is 0.230. The average Bonchev–Trinajstić information content (AvgIpc) is 2.98. The predicted octanol–water partition coefficient (Wildman–Crippen LogP) is 5.90. The first kappa shape index (κ1) is 27.1. The minimum atomic E-state index is -0.776. The number of ether oxygens (including phenoxy) is 1. The van der Waals surface area contributed by atoms with Crippen LogP contribution in [0.5, 0.6) is 5.75 Å². The number of carbonyl (C=O) groups excluding carboxylic acids is 4. The second kappa shape index (κ2) is 11.7. The van der Waals surface area contributed by atoms with Crippen molar-refractivity contribution in [2.45, 2.75) is 13.8 Å². The average molecular weight is 546 g/mol. The molecule has 1 fully saturated rings. The molecule has 0 unspecified atom stereocenters. The topological polar surface area (TPSA) is 96.0 Å². The molecule has 1 N–H and O–H groups in total. The van der Waals surface area contributed by atoms with Gasteiger partial charge >= 0.3 is 6.03 Å². The minimum absolute atomic E-state index is 0.229. The van der Waals surface area contributed by atoms with Gasteiger partial charge in [-0.15, -0.1) is 0 Å². The molecule has 5 amide bonds. The summed E-state index contributed by atoms with van der Waals surface area (Å²) in [4.78, 5) is 55.4. The highest BCUT2D eigenvalue weighted by molar-refractivity contribution is 6.46. The lowest BCUT2D eigenvalue weighted by atomic mass is 10.0. The second-order valence-electron chi connectivity index (χ2n) is 9.41. The van der Waals surface area contributed by atoms with Crippen LogP contribution < -0.4 is 19.9 Å². The van der Waals surface area contributed by atoms with Gasteiger partial charge in [0.25, 0.3) is 17.7 Å². The van der Waals surface area contributed by atoms with Gasteiger partial charge in [0.1, 0.15) is 11.3 Å². The third-order valence-electron chi connectivity index (χ3n) is 6.73. The van der Waals surface area contributed by atoms with Crippen LogP contribution in [0.4, 0.5) is 21.9 Å². The van der Waals surface area contributed by atoms with Gasteiger partial charge < -0.3 is 10.1 Å². The van der Waals surface area contributed by atoms with E-state index in [4.69, 9.17) is 4.74 Å². The van der Waals surface area contributed by atoms with Crippen LogP contribution in [0.1, 0.15) is 16.7 Å². The second-order valence-corrected chi connectivity index (χ2v) is 9.41. The number of barbiturate groups is 1. The summed E-state index contributed by atoms with van der Waals surface area (Å²) in [5.41, 5.74) is 3.53. The monoisotopic (exact) mass is 545 g/mol. The third kappa shape index (κ3) is 5.62. The number of hydrogen-bond donors (Lipinski definition) is 1. The Kier molecular flexibility index (Phi) is 7.74. The molecule has 0 aromatic heterocycles. The van der Waals surface area contributed by atoms with E-state index in [1.165, 1.54) is 6.08 Å². The van der Waals surface area contributed by atoms with E-state index in [0.29, 0.717) is 28.4 Å². The third-order valence-corrected chi connectivity index (χ3v) is 6.73. The van der Waals surface area contributed by atoms with Crippen LogP contribution in [0.2, 0.25) is 0 Å². The molecule has 204 valence electrons. The van der Waals surface area contributed by atoms with Crippen molar-refractivity contribution in [3.05, 3.63) is 125 Å². The summed E-state index contributed by atoms with van der Waals surface area (Å²) in [6.45, 7) is 3.60. The van der Waals surface area contributed by atoms with Crippen molar-refractivity contribution in [3.8, 4) is 5.75 Å². The molecule has 4 aromatic carbocycles. The summed E-state index contributed by atoms with van der Waals surface area (Å²) in [6, 6.07) is 28.5. The highest BCUT2D eigenvalue weighted by atomic mass is 16.5. The standard InChI is InChI=1S/C33H27N3O5/c1-22-12-11-18-28(23(22)2)34-30(37)21-41-29-19-10-9-13-24(29)20-27-31(38)35(25-14-5-3-6-15-25)33(40)36(32(27)39)26-16-7-4-8-17-26/h3-20H,21H2,1-2H3,(H,34,37). The molecule has 0 saturated carbocycles. The Labute approximate surface area is 237 Å². The Hall–Kier alpha value is -5.50. The number of anilines is 3. The van der Waals surface area contributed by atoms with Gasteiger partial charge in [-0.25, -0.2) is 14.6 Å². The van der Waals surface area contributed by atoms with Gasteiger partial charge in [-0.2, -0.15) is 0 Å². The van der Waals surface area contributed by atoms with E-state index >= 15 is 0 Å². The summed E-state index contributed by atoms with van der Waals surface area (Å²) >= 11 is 0. The molecular formula is C33H27N3O5. The van der Waals surface area contributed by atoms with E-state index in [-0.39, 0.29) is 18.1 Å². The largest absolute Gasteiger partial charge is 0.483 e. The summed E-state index contributed by atoms with van der Waals surface area (Å²) in [5.74, 6) is -1.59. The molecule has 1 aliphatic heterocycles. The molecule has 1 heterocycles. The molecule has 0 atom stereocenters. The SMILES string of the molecule is Cc1cccc(NC(=O)COc2ccccc2C=C2C(=O)N(c3ccccc3)C(=O)N(c3ccccc3)C2=O)c1C. The van der Waals surface area contributed by atoms with Crippen LogP contribution in [0.15, 0.2) is 109 Å². The van der Waals surface area contributed by atoms with Crippen LogP contribution in [0.25, 0.3) is 6.08 Å². The number of hydrogen-bond acceptors (Lipinski definition) is 5. The Bertz CT molecular complexity index is 1600. The molecule has 8 heteroatoms. The molecular weight excluding hydrogens is 518 g/mol. The summed E-state index contributed by atoms with van der Waals surface area (Å²) in [7, 11) is 0. The van der Waals surface area contributed by atoms with Crippen molar-refractivity contribution >= 4 is 46.9 Å². The fourth-order valence-electron chi connectivity index (χ4n) is 4.44. The predicted molar refractivity (Wildman–Crippen MR) is 158 cm³/mol. The Morgan fingerprint density at radius 3 is 1.90 bits per heavy atom. The number of benzene rings is 4. The van der Waals surface area contributed by atoms with Crippen LogP contribution in [-0.2, 0) is 14.4 Å². The number of para-hydroxylation sites is 3. The summed E-state index contributed by atoms with van der Waals surface area (Å²) < 4.78 is 5.82. The minimum Gasteiger partial charge on any atom is -0.483 e. The van der Waals surface area contributed by atoms with E-state index in [1.807, 2.05) is 32.0 Å². The van der Waals surface area contributed by atoms with E-state index in [9.17, 15) is 19.2 Å². The molecule has 0 bridgehead atoms. The number of carbonyl (C=O) groups is 4. The van der Waals surface area contributed by atoms with Crippen molar-refractivity contribution in [3.63, 3.8) is 0 Å². The highest BCUT2D eigenvalue weighted by Crippen LogP contribution is 2.31. The van der Waals surface area contributed by atoms with Gasteiger partial charge in [-0.1, -0.05) is 66.7 Å². The molecule has 4 aromatic rings. The molecule has 0 aliphatic carbocycles. The zero-order chi connectivity index (χ0) is 28.9. The number of amides is 5. The van der Waals surface area contributed by atoms with Gasteiger partial charge in [0.05, 0.1) is 11.4 Å². The van der Waals surface area contributed by atoms with E-state index < -0.39 is 17.8 Å². The Morgan fingerprint density at radius 1 is 0.732 bits per heavy atom. The maximum atomic E-state index is 13.7. The number of rotatable bonds is 7. The smallest absolute Gasteiger partial charge is 0.343 e. The zero-order valence-corrected chi connectivity index (χ0v) is 22.5. The lowest BCUT2D eigenvalue weighted by Gasteiger charge is -2.34. The van der Waals surface area contributed by atoms with E-state index in [0.717, 1.165) is 20.9 Å². The van der Waals surface area contributed by atoms with Crippen LogP contribution in [0.3, 0.4) is 0 Å². The van der Waals surface area contributed by atoms with Crippen molar-refractivity contribution < 1.29 is 23.9 Å². The molecule has 41 heavy (non-hydrogen) atoms. The van der Waals surface area contributed by atoms with Crippen molar-refractivity contribution in [2.75, 3.05) is 21.7 Å². The van der Waals surface area contributed by atoms with E-state index in [1.54, 1.807) is 84.9 Å². The number of aryl methyl sites for hydroxylation is 1. The van der Waals surface area contributed by atoms with Gasteiger partial charge in [0.15, 0.2) is 6.61 Å². The fourth-order valence-corrected chi connectivity index (χ4v) is 4.44. The number of nitrogens with zero attached hydrogens (tertiary/aromatic N) is 2. The van der Waals surface area contributed by atoms with Crippen LogP contribution in [-0.4, -0.2) is 30.4 Å². The first-order valence-corrected chi connectivity index (χ1v) is 13.0. The number of nitrogens with one attached hydrogen (secondary N) is 1. The maximum Gasteiger partial charge on any atom is 0.343 e. The summed E-state index contributed by atoms with van der Waals surface area (Å²) in [6.07, 6.45) is 1.39. The summed E-state index contributed by atoms with van der Waals surface area (Å²) in [5, 5.41) is 2.85. The van der Waals surface area contributed by atoms with Crippen LogP contribution >= 0.6 is 0 Å². The van der Waals surface area contributed by atoms with Gasteiger partial charge in [0.2, 0.25) is 0 Å². The van der Waals surface area contributed by atoms with Crippen molar-refractivity contribution in [2.24, 2.45) is 0 Å². The normalized spacial score (nSPS) is 13.3. The fraction of sp³-hybridized carbons (Fsp3) is 0.0909. The first-order chi connectivity index (χ1) is 19.8. The van der Waals surface area contributed by atoms with Gasteiger partial charge in [-0.05, 0) is 67.4 Å². The molecule has 0 radical (unpaired) electrons. The Balaban J connectivity index is 1.46. The molecule has 1 saturated heterocycles. The highest BCUT2D eigenvalue weighted by Gasteiger charge is 2.43. The molecule has 8 nitrogen and oxygen atoms in total. The lowest BCUT2D eigenvalue weighted by molar-refractivity contribution is -0.121. The maximum absolute atomic E-state index is 13.7. The number of imide groups is 2.